The van der Waals surface area contributed by atoms with E-state index in [1.807, 2.05) is 24.3 Å². The van der Waals surface area contributed by atoms with Crippen molar-refractivity contribution in [3.8, 4) is 5.75 Å². The molecule has 1 heterocycles. The van der Waals surface area contributed by atoms with Crippen LogP contribution in [-0.2, 0) is 11.3 Å². The Bertz CT molecular complexity index is 742. The predicted octanol–water partition coefficient (Wildman–Crippen LogP) is 3.19. The van der Waals surface area contributed by atoms with Crippen molar-refractivity contribution in [2.45, 2.75) is 6.54 Å². The zero-order valence-electron chi connectivity index (χ0n) is 11.3. The second-order valence-corrected chi connectivity index (χ2v) is 5.65. The molecule has 0 radical (unpaired) electrons. The second-order valence-electron chi connectivity index (χ2n) is 4.73. The van der Waals surface area contributed by atoms with Crippen LogP contribution in [0.1, 0.15) is 15.9 Å². The van der Waals surface area contributed by atoms with Crippen LogP contribution < -0.4 is 9.64 Å². The highest BCUT2D eigenvalue weighted by atomic mass is 79.9. The molecular formula is C16H12BrNO3. The Hall–Kier alpha value is -2.14. The van der Waals surface area contributed by atoms with Gasteiger partial charge >= 0.3 is 0 Å². The normalized spacial score (nSPS) is 13.5. The first kappa shape index (κ1) is 13.8. The molecule has 5 heteroatoms. The van der Waals surface area contributed by atoms with Gasteiger partial charge in [0.05, 0.1) is 24.9 Å². The zero-order valence-corrected chi connectivity index (χ0v) is 12.9. The molecule has 0 spiro atoms. The van der Waals surface area contributed by atoms with Crippen molar-refractivity contribution in [3.05, 3.63) is 58.1 Å². The summed E-state index contributed by atoms with van der Waals surface area (Å²) >= 11 is 3.37. The summed E-state index contributed by atoms with van der Waals surface area (Å²) in [6.07, 6.45) is 0. The van der Waals surface area contributed by atoms with Crippen LogP contribution in [0.5, 0.6) is 5.75 Å². The maximum absolute atomic E-state index is 12.2. The Balaban J connectivity index is 1.97. The van der Waals surface area contributed by atoms with Crippen LogP contribution in [0.3, 0.4) is 0 Å². The number of ketones is 1. The van der Waals surface area contributed by atoms with Crippen molar-refractivity contribution in [2.75, 3.05) is 12.0 Å². The molecule has 21 heavy (non-hydrogen) atoms. The second kappa shape index (κ2) is 5.33. The van der Waals surface area contributed by atoms with Crippen molar-refractivity contribution < 1.29 is 14.3 Å². The van der Waals surface area contributed by atoms with Crippen LogP contribution in [0.15, 0.2) is 46.9 Å². The summed E-state index contributed by atoms with van der Waals surface area (Å²) in [6.45, 7) is 0.339. The Labute approximate surface area is 130 Å². The molecule has 0 aromatic heterocycles. The van der Waals surface area contributed by atoms with E-state index in [-0.39, 0.29) is 0 Å². The highest BCUT2D eigenvalue weighted by Crippen LogP contribution is 2.33. The first-order chi connectivity index (χ1) is 10.1. The fraction of sp³-hybridized carbons (Fsp3) is 0.125. The Kier molecular flexibility index (Phi) is 3.51. The molecule has 0 bridgehead atoms. The van der Waals surface area contributed by atoms with E-state index in [1.54, 1.807) is 25.3 Å². The summed E-state index contributed by atoms with van der Waals surface area (Å²) in [6, 6.07) is 12.7. The van der Waals surface area contributed by atoms with E-state index in [9.17, 15) is 9.59 Å². The topological polar surface area (TPSA) is 46.6 Å². The molecule has 0 saturated heterocycles. The van der Waals surface area contributed by atoms with Crippen LogP contribution in [0.4, 0.5) is 5.69 Å². The monoisotopic (exact) mass is 345 g/mol. The summed E-state index contributed by atoms with van der Waals surface area (Å²) < 4.78 is 6.01. The van der Waals surface area contributed by atoms with Gasteiger partial charge in [0.15, 0.2) is 0 Å². The summed E-state index contributed by atoms with van der Waals surface area (Å²) in [5, 5.41) is 0. The fourth-order valence-electron chi connectivity index (χ4n) is 2.38. The number of hydrogen-bond acceptors (Lipinski definition) is 3. The van der Waals surface area contributed by atoms with Crippen LogP contribution in [0, 0.1) is 0 Å². The number of ether oxygens (including phenoxy) is 1. The van der Waals surface area contributed by atoms with Crippen molar-refractivity contribution >= 4 is 33.3 Å². The first-order valence-corrected chi connectivity index (χ1v) is 7.18. The van der Waals surface area contributed by atoms with Gasteiger partial charge < -0.3 is 9.64 Å². The molecule has 2 aromatic rings. The Morgan fingerprint density at radius 2 is 1.95 bits per heavy atom. The maximum atomic E-state index is 12.2. The van der Waals surface area contributed by atoms with Crippen LogP contribution >= 0.6 is 15.9 Å². The highest BCUT2D eigenvalue weighted by Gasteiger charge is 2.35. The quantitative estimate of drug-likeness (QED) is 0.802. The average molecular weight is 346 g/mol. The summed E-state index contributed by atoms with van der Waals surface area (Å²) in [5.41, 5.74) is 2.00. The number of halogens is 1. The predicted molar refractivity (Wildman–Crippen MR) is 82.7 cm³/mol. The van der Waals surface area contributed by atoms with Gasteiger partial charge in [0.1, 0.15) is 5.75 Å². The van der Waals surface area contributed by atoms with E-state index < -0.39 is 11.7 Å². The van der Waals surface area contributed by atoms with E-state index in [0.717, 1.165) is 15.8 Å². The molecule has 2 aromatic carbocycles. The largest absolute Gasteiger partial charge is 0.497 e. The molecule has 0 atom stereocenters. The number of rotatable bonds is 3. The SMILES string of the molecule is COc1cccc(CN2C(=O)C(=O)c3ccc(Br)cc32)c1. The van der Waals surface area contributed by atoms with Gasteiger partial charge in [-0.25, -0.2) is 0 Å². The third kappa shape index (κ3) is 2.45. The van der Waals surface area contributed by atoms with Gasteiger partial charge in [0.2, 0.25) is 0 Å². The van der Waals surface area contributed by atoms with Crippen molar-refractivity contribution in [1.82, 2.24) is 0 Å². The standard InChI is InChI=1S/C16H12BrNO3/c1-21-12-4-2-3-10(7-12)9-18-14-8-11(17)5-6-13(14)15(19)16(18)20/h2-8H,9H2,1H3. The van der Waals surface area contributed by atoms with E-state index in [4.69, 9.17) is 4.74 Å². The van der Waals surface area contributed by atoms with Gasteiger partial charge in [-0.3, -0.25) is 9.59 Å². The van der Waals surface area contributed by atoms with Gasteiger partial charge in [-0.2, -0.15) is 0 Å². The number of carbonyl (C=O) groups excluding carboxylic acids is 2. The third-order valence-electron chi connectivity index (χ3n) is 3.41. The number of carbonyl (C=O) groups is 2. The van der Waals surface area contributed by atoms with Gasteiger partial charge in [-0.15, -0.1) is 0 Å². The van der Waals surface area contributed by atoms with Crippen LogP contribution in [0.25, 0.3) is 0 Å². The molecule has 0 saturated carbocycles. The molecule has 106 valence electrons. The molecule has 0 unspecified atom stereocenters. The lowest BCUT2D eigenvalue weighted by Crippen LogP contribution is -2.29. The number of fused-ring (bicyclic) bond motifs is 1. The minimum atomic E-state index is -0.495. The van der Waals surface area contributed by atoms with E-state index in [0.29, 0.717) is 17.8 Å². The Morgan fingerprint density at radius 3 is 2.71 bits per heavy atom. The number of benzene rings is 2. The Morgan fingerprint density at radius 1 is 1.14 bits per heavy atom. The molecule has 1 aliphatic heterocycles. The van der Waals surface area contributed by atoms with Gasteiger partial charge in [-0.1, -0.05) is 28.1 Å². The number of hydrogen-bond donors (Lipinski definition) is 0. The molecule has 4 nitrogen and oxygen atoms in total. The lowest BCUT2D eigenvalue weighted by molar-refractivity contribution is -0.114. The van der Waals surface area contributed by atoms with Crippen molar-refractivity contribution in [3.63, 3.8) is 0 Å². The average Bonchev–Trinajstić information content (AvgIpc) is 2.72. The van der Waals surface area contributed by atoms with Crippen LogP contribution in [-0.4, -0.2) is 18.8 Å². The molecule has 1 aliphatic rings. The zero-order chi connectivity index (χ0) is 15.0. The molecular weight excluding hydrogens is 334 g/mol. The number of Topliss-reactive ketones (excluding diaryl/α,β-unsaturated/α-hetero) is 1. The molecule has 0 aliphatic carbocycles. The van der Waals surface area contributed by atoms with E-state index >= 15 is 0 Å². The number of nitrogens with zero attached hydrogens (tertiary/aromatic N) is 1. The smallest absolute Gasteiger partial charge is 0.299 e. The van der Waals surface area contributed by atoms with Crippen molar-refractivity contribution in [2.24, 2.45) is 0 Å². The minimum Gasteiger partial charge on any atom is -0.497 e. The molecule has 3 rings (SSSR count). The summed E-state index contributed by atoms with van der Waals surface area (Å²) in [4.78, 5) is 25.7. The maximum Gasteiger partial charge on any atom is 0.299 e. The van der Waals surface area contributed by atoms with Crippen molar-refractivity contribution in [1.29, 1.82) is 0 Å². The number of methoxy groups -OCH3 is 1. The lowest BCUT2D eigenvalue weighted by atomic mass is 10.1. The third-order valence-corrected chi connectivity index (χ3v) is 3.90. The summed E-state index contributed by atoms with van der Waals surface area (Å²) in [7, 11) is 1.59. The first-order valence-electron chi connectivity index (χ1n) is 6.39. The highest BCUT2D eigenvalue weighted by molar-refractivity contribution is 9.10. The van der Waals surface area contributed by atoms with Crippen LogP contribution in [0.2, 0.25) is 0 Å². The summed E-state index contributed by atoms with van der Waals surface area (Å²) in [5.74, 6) is -0.230. The number of anilines is 1. The van der Waals surface area contributed by atoms with E-state index in [2.05, 4.69) is 15.9 Å². The minimum absolute atomic E-state index is 0.339. The van der Waals surface area contributed by atoms with E-state index in [1.165, 1.54) is 4.90 Å². The molecule has 0 fully saturated rings. The van der Waals surface area contributed by atoms with Gasteiger partial charge in [-0.05, 0) is 35.9 Å². The lowest BCUT2D eigenvalue weighted by Gasteiger charge is -2.17. The van der Waals surface area contributed by atoms with Gasteiger partial charge in [0.25, 0.3) is 11.7 Å². The molecule has 0 N–H and O–H groups in total. The fourth-order valence-corrected chi connectivity index (χ4v) is 2.73. The van der Waals surface area contributed by atoms with Gasteiger partial charge in [0, 0.05) is 4.47 Å². The molecule has 1 amide bonds. The number of amides is 1.